The molecule has 1 fully saturated rings. The molecular formula is C13H21NO6. The van der Waals surface area contributed by atoms with Gasteiger partial charge in [0.1, 0.15) is 11.6 Å². The Morgan fingerprint density at radius 2 is 2.05 bits per heavy atom. The molecule has 2 N–H and O–H groups in total. The van der Waals surface area contributed by atoms with E-state index in [0.717, 1.165) is 0 Å². The molecular weight excluding hydrogens is 266 g/mol. The van der Waals surface area contributed by atoms with Gasteiger partial charge in [-0.15, -0.1) is 0 Å². The summed E-state index contributed by atoms with van der Waals surface area (Å²) in [5.74, 6) is -2.68. The quantitative estimate of drug-likeness (QED) is 0.706. The molecule has 0 saturated carbocycles. The van der Waals surface area contributed by atoms with Gasteiger partial charge in [-0.25, -0.2) is 4.79 Å². The Kier molecular flexibility index (Phi) is 5.50. The van der Waals surface area contributed by atoms with Gasteiger partial charge < -0.3 is 19.9 Å². The van der Waals surface area contributed by atoms with E-state index in [1.54, 1.807) is 20.8 Å². The lowest BCUT2D eigenvalue weighted by atomic mass is 10.1. The van der Waals surface area contributed by atoms with E-state index >= 15 is 0 Å². The number of carbonyl (C=O) groups is 3. The van der Waals surface area contributed by atoms with Crippen LogP contribution in [-0.4, -0.2) is 47.8 Å². The van der Waals surface area contributed by atoms with Crippen molar-refractivity contribution in [3.05, 3.63) is 0 Å². The topological polar surface area (TPSA) is 102 Å². The number of carbonyl (C=O) groups excluding carboxylic acids is 2. The van der Waals surface area contributed by atoms with Crippen LogP contribution >= 0.6 is 0 Å². The number of aliphatic carboxylic acids is 1. The van der Waals surface area contributed by atoms with Crippen LogP contribution in [0.4, 0.5) is 0 Å². The molecule has 2 atom stereocenters. The molecule has 1 rings (SSSR count). The highest BCUT2D eigenvalue weighted by Crippen LogP contribution is 2.13. The van der Waals surface area contributed by atoms with Crippen LogP contribution in [0.25, 0.3) is 0 Å². The van der Waals surface area contributed by atoms with E-state index in [2.05, 4.69) is 5.32 Å². The van der Waals surface area contributed by atoms with Crippen molar-refractivity contribution in [1.82, 2.24) is 5.32 Å². The largest absolute Gasteiger partial charge is 0.480 e. The van der Waals surface area contributed by atoms with E-state index in [1.807, 2.05) is 0 Å². The number of rotatable bonds is 5. The molecule has 0 radical (unpaired) electrons. The number of amides is 1. The fraction of sp³-hybridized carbons (Fsp3) is 0.769. The van der Waals surface area contributed by atoms with E-state index in [9.17, 15) is 14.4 Å². The SMILES string of the molecule is CC(C)(C)OC(=O)C[C@H](NC(=O)C1CCOC1)C(=O)O. The lowest BCUT2D eigenvalue weighted by molar-refractivity contribution is -0.158. The fourth-order valence-electron chi connectivity index (χ4n) is 1.78. The van der Waals surface area contributed by atoms with Gasteiger partial charge in [0.05, 0.1) is 18.9 Å². The summed E-state index contributed by atoms with van der Waals surface area (Å²) in [6, 6.07) is -1.28. The first-order valence-corrected chi connectivity index (χ1v) is 6.52. The number of nitrogens with one attached hydrogen (secondary N) is 1. The van der Waals surface area contributed by atoms with E-state index in [4.69, 9.17) is 14.6 Å². The third kappa shape index (κ3) is 5.56. The zero-order chi connectivity index (χ0) is 15.3. The van der Waals surface area contributed by atoms with Crippen molar-refractivity contribution >= 4 is 17.8 Å². The molecule has 1 aliphatic heterocycles. The van der Waals surface area contributed by atoms with Gasteiger partial charge >= 0.3 is 11.9 Å². The molecule has 114 valence electrons. The van der Waals surface area contributed by atoms with Crippen molar-refractivity contribution in [1.29, 1.82) is 0 Å². The summed E-state index contributed by atoms with van der Waals surface area (Å²) in [7, 11) is 0. The van der Waals surface area contributed by atoms with Crippen LogP contribution in [0.1, 0.15) is 33.6 Å². The summed E-state index contributed by atoms with van der Waals surface area (Å²) in [5, 5.41) is 11.4. The third-order valence-electron chi connectivity index (χ3n) is 2.71. The average Bonchev–Trinajstić information content (AvgIpc) is 2.78. The summed E-state index contributed by atoms with van der Waals surface area (Å²) in [6.45, 7) is 5.84. The zero-order valence-electron chi connectivity index (χ0n) is 12.0. The van der Waals surface area contributed by atoms with Gasteiger partial charge in [0.2, 0.25) is 5.91 Å². The maximum absolute atomic E-state index is 11.8. The van der Waals surface area contributed by atoms with Crippen molar-refractivity contribution in [2.45, 2.75) is 45.3 Å². The minimum Gasteiger partial charge on any atom is -0.480 e. The normalized spacial score (nSPS) is 20.2. The Labute approximate surface area is 117 Å². The van der Waals surface area contributed by atoms with Crippen molar-refractivity contribution in [3.63, 3.8) is 0 Å². The van der Waals surface area contributed by atoms with Gasteiger partial charge in [0.25, 0.3) is 0 Å². The number of esters is 1. The molecule has 1 saturated heterocycles. The van der Waals surface area contributed by atoms with E-state index in [-0.39, 0.29) is 12.5 Å². The van der Waals surface area contributed by atoms with Crippen molar-refractivity contribution in [2.75, 3.05) is 13.2 Å². The summed E-state index contributed by atoms with van der Waals surface area (Å²) in [5.41, 5.74) is -0.691. The summed E-state index contributed by atoms with van der Waals surface area (Å²) in [6.07, 6.45) is 0.163. The molecule has 0 aromatic carbocycles. The van der Waals surface area contributed by atoms with Crippen LogP contribution in [0, 0.1) is 5.92 Å². The maximum Gasteiger partial charge on any atom is 0.326 e. The van der Waals surface area contributed by atoms with Crippen LogP contribution in [-0.2, 0) is 23.9 Å². The Balaban J connectivity index is 2.54. The molecule has 0 aromatic heterocycles. The van der Waals surface area contributed by atoms with Crippen LogP contribution in [0.2, 0.25) is 0 Å². The van der Waals surface area contributed by atoms with Crippen LogP contribution in [0.15, 0.2) is 0 Å². The summed E-state index contributed by atoms with van der Waals surface area (Å²) < 4.78 is 10.1. The maximum atomic E-state index is 11.8. The first-order valence-electron chi connectivity index (χ1n) is 6.52. The van der Waals surface area contributed by atoms with Crippen LogP contribution in [0.3, 0.4) is 0 Å². The Hall–Kier alpha value is -1.63. The zero-order valence-corrected chi connectivity index (χ0v) is 12.0. The second-order valence-corrected chi connectivity index (χ2v) is 5.75. The highest BCUT2D eigenvalue weighted by molar-refractivity contribution is 5.88. The Morgan fingerprint density at radius 1 is 1.40 bits per heavy atom. The number of carboxylic acids is 1. The molecule has 1 aliphatic rings. The second-order valence-electron chi connectivity index (χ2n) is 5.75. The average molecular weight is 287 g/mol. The third-order valence-corrected chi connectivity index (χ3v) is 2.71. The molecule has 1 heterocycles. The lowest BCUT2D eigenvalue weighted by Gasteiger charge is -2.21. The minimum absolute atomic E-state index is 0.282. The molecule has 0 aliphatic carbocycles. The van der Waals surface area contributed by atoms with Crippen LogP contribution < -0.4 is 5.32 Å². The number of ether oxygens (including phenoxy) is 2. The minimum atomic E-state index is -1.28. The lowest BCUT2D eigenvalue weighted by Crippen LogP contribution is -2.45. The van der Waals surface area contributed by atoms with Gasteiger partial charge in [0, 0.05) is 6.61 Å². The van der Waals surface area contributed by atoms with E-state index in [0.29, 0.717) is 13.0 Å². The van der Waals surface area contributed by atoms with E-state index in [1.165, 1.54) is 0 Å². The number of hydrogen-bond acceptors (Lipinski definition) is 5. The summed E-state index contributed by atoms with van der Waals surface area (Å²) in [4.78, 5) is 34.5. The molecule has 1 unspecified atom stereocenters. The molecule has 0 spiro atoms. The fourth-order valence-corrected chi connectivity index (χ4v) is 1.78. The molecule has 0 bridgehead atoms. The smallest absolute Gasteiger partial charge is 0.326 e. The Morgan fingerprint density at radius 3 is 2.50 bits per heavy atom. The van der Waals surface area contributed by atoms with Gasteiger partial charge in [-0.1, -0.05) is 0 Å². The molecule has 0 aromatic rings. The van der Waals surface area contributed by atoms with Gasteiger partial charge in [-0.3, -0.25) is 9.59 Å². The highest BCUT2D eigenvalue weighted by atomic mass is 16.6. The van der Waals surface area contributed by atoms with Crippen molar-refractivity contribution in [3.8, 4) is 0 Å². The molecule has 7 nitrogen and oxygen atoms in total. The predicted octanol–water partition coefficient (Wildman–Crippen LogP) is 0.324. The monoisotopic (exact) mass is 287 g/mol. The second kappa shape index (κ2) is 6.69. The van der Waals surface area contributed by atoms with E-state index < -0.39 is 35.9 Å². The van der Waals surface area contributed by atoms with Gasteiger partial charge in [-0.2, -0.15) is 0 Å². The molecule has 1 amide bonds. The Bertz CT molecular complexity index is 381. The van der Waals surface area contributed by atoms with Gasteiger partial charge in [0.15, 0.2) is 0 Å². The predicted molar refractivity (Wildman–Crippen MR) is 69.0 cm³/mol. The van der Waals surface area contributed by atoms with Crippen molar-refractivity contribution < 1.29 is 29.0 Å². The van der Waals surface area contributed by atoms with Gasteiger partial charge in [-0.05, 0) is 27.2 Å². The molecule has 20 heavy (non-hydrogen) atoms. The van der Waals surface area contributed by atoms with Crippen molar-refractivity contribution in [2.24, 2.45) is 5.92 Å². The molecule has 7 heteroatoms. The highest BCUT2D eigenvalue weighted by Gasteiger charge is 2.30. The summed E-state index contributed by atoms with van der Waals surface area (Å²) >= 11 is 0. The first kappa shape index (κ1) is 16.4. The number of carboxylic acid groups (broad SMARTS) is 1. The standard InChI is InChI=1S/C13H21NO6/c1-13(2,3)20-10(15)6-9(12(17)18)14-11(16)8-4-5-19-7-8/h8-9H,4-7H2,1-3H3,(H,14,16)(H,17,18)/t8?,9-/m0/s1. The number of hydrogen-bond donors (Lipinski definition) is 2. The van der Waals surface area contributed by atoms with Crippen LogP contribution in [0.5, 0.6) is 0 Å². The first-order chi connectivity index (χ1) is 9.19.